The Morgan fingerprint density at radius 2 is 1.75 bits per heavy atom. The number of aliphatic hydroxyl groups is 1. The molecule has 1 aromatic carbocycles. The highest BCUT2D eigenvalue weighted by molar-refractivity contribution is 6.04. The molecule has 1 fully saturated rings. The van der Waals surface area contributed by atoms with E-state index in [1.807, 2.05) is 26.0 Å². The van der Waals surface area contributed by atoms with Crippen molar-refractivity contribution in [1.29, 1.82) is 0 Å². The lowest BCUT2D eigenvalue weighted by molar-refractivity contribution is 0.0233. The van der Waals surface area contributed by atoms with Crippen molar-refractivity contribution >= 4 is 5.78 Å². The summed E-state index contributed by atoms with van der Waals surface area (Å²) in [6.45, 7) is 3.86. The lowest BCUT2D eigenvalue weighted by Gasteiger charge is -2.26. The molecule has 0 radical (unpaired) electrons. The van der Waals surface area contributed by atoms with E-state index in [9.17, 15) is 9.90 Å². The van der Waals surface area contributed by atoms with E-state index in [0.29, 0.717) is 24.2 Å². The van der Waals surface area contributed by atoms with E-state index in [-0.39, 0.29) is 11.9 Å². The summed E-state index contributed by atoms with van der Waals surface area (Å²) in [5, 5.41) is 10.7. The second-order valence-electron chi connectivity index (χ2n) is 5.94. The van der Waals surface area contributed by atoms with Crippen LogP contribution in [0.25, 0.3) is 0 Å². The third-order valence-corrected chi connectivity index (χ3v) is 3.85. The van der Waals surface area contributed by atoms with Crippen LogP contribution in [0.2, 0.25) is 0 Å². The minimum atomic E-state index is -1.22. The molecule has 0 unspecified atom stereocenters. The Balaban J connectivity index is 2.27. The standard InChI is InChI=1S/C17H24O3/c1-13(2)20-15-10-6-5-9-14(15)16(18)17(19)11-7-3-4-8-12-17/h5-6,9-10,13,19H,3-4,7-8,11-12H2,1-2H3. The van der Waals surface area contributed by atoms with Gasteiger partial charge in [-0.15, -0.1) is 0 Å². The van der Waals surface area contributed by atoms with Crippen molar-refractivity contribution in [1.82, 2.24) is 0 Å². The molecule has 0 aliphatic heterocycles. The van der Waals surface area contributed by atoms with Crippen LogP contribution in [0.3, 0.4) is 0 Å². The first-order valence-electron chi connectivity index (χ1n) is 7.56. The fraction of sp³-hybridized carbons (Fsp3) is 0.588. The zero-order chi connectivity index (χ0) is 14.6. The number of ether oxygens (including phenoxy) is 1. The van der Waals surface area contributed by atoms with Crippen molar-refractivity contribution < 1.29 is 14.6 Å². The van der Waals surface area contributed by atoms with Gasteiger partial charge in [-0.2, -0.15) is 0 Å². The molecule has 0 spiro atoms. The summed E-state index contributed by atoms with van der Waals surface area (Å²) in [5.41, 5.74) is -0.710. The minimum absolute atomic E-state index is 0.00715. The van der Waals surface area contributed by atoms with E-state index >= 15 is 0 Å². The zero-order valence-electron chi connectivity index (χ0n) is 12.4. The molecule has 1 aliphatic rings. The molecule has 2 rings (SSSR count). The molecular formula is C17H24O3. The Hall–Kier alpha value is -1.35. The first-order valence-corrected chi connectivity index (χ1v) is 7.56. The van der Waals surface area contributed by atoms with Gasteiger partial charge in [0.05, 0.1) is 11.7 Å². The van der Waals surface area contributed by atoms with Crippen LogP contribution in [-0.2, 0) is 0 Å². The number of carbonyl (C=O) groups is 1. The molecule has 0 heterocycles. The molecule has 0 aromatic heterocycles. The van der Waals surface area contributed by atoms with Gasteiger partial charge in [0, 0.05) is 0 Å². The number of para-hydroxylation sites is 1. The SMILES string of the molecule is CC(C)Oc1ccccc1C(=O)C1(O)CCCCCC1. The number of ketones is 1. The summed E-state index contributed by atoms with van der Waals surface area (Å²) in [7, 11) is 0. The van der Waals surface area contributed by atoms with Gasteiger partial charge in [-0.3, -0.25) is 4.79 Å². The summed E-state index contributed by atoms with van der Waals surface area (Å²) in [4.78, 5) is 12.7. The molecule has 20 heavy (non-hydrogen) atoms. The molecule has 0 atom stereocenters. The fourth-order valence-electron chi connectivity index (χ4n) is 2.80. The quantitative estimate of drug-likeness (QED) is 0.673. The van der Waals surface area contributed by atoms with Crippen molar-refractivity contribution in [3.8, 4) is 5.75 Å². The molecule has 110 valence electrons. The lowest BCUT2D eigenvalue weighted by Crippen LogP contribution is -2.38. The van der Waals surface area contributed by atoms with Crippen molar-refractivity contribution in [3.05, 3.63) is 29.8 Å². The molecule has 1 aliphatic carbocycles. The number of carbonyl (C=O) groups excluding carboxylic acids is 1. The van der Waals surface area contributed by atoms with Gasteiger partial charge in [0.15, 0.2) is 5.78 Å². The first kappa shape index (κ1) is 15.0. The number of hydrogen-bond acceptors (Lipinski definition) is 3. The van der Waals surface area contributed by atoms with E-state index in [2.05, 4.69) is 0 Å². The lowest BCUT2D eigenvalue weighted by atomic mass is 9.86. The van der Waals surface area contributed by atoms with Gasteiger partial charge in [0.25, 0.3) is 0 Å². The van der Waals surface area contributed by atoms with E-state index in [4.69, 9.17) is 4.74 Å². The van der Waals surface area contributed by atoms with Crippen LogP contribution in [0.4, 0.5) is 0 Å². The average molecular weight is 276 g/mol. The normalized spacial score (nSPS) is 18.6. The van der Waals surface area contributed by atoms with Crippen molar-refractivity contribution in [3.63, 3.8) is 0 Å². The van der Waals surface area contributed by atoms with E-state index < -0.39 is 5.60 Å². The Morgan fingerprint density at radius 1 is 1.15 bits per heavy atom. The molecular weight excluding hydrogens is 252 g/mol. The van der Waals surface area contributed by atoms with Crippen LogP contribution in [0.15, 0.2) is 24.3 Å². The number of Topliss-reactive ketones (excluding diaryl/α,β-unsaturated/α-hetero) is 1. The predicted molar refractivity (Wildman–Crippen MR) is 79.2 cm³/mol. The Kier molecular flexibility index (Phi) is 4.81. The van der Waals surface area contributed by atoms with Gasteiger partial charge in [0.1, 0.15) is 11.4 Å². The summed E-state index contributed by atoms with van der Waals surface area (Å²) >= 11 is 0. The zero-order valence-corrected chi connectivity index (χ0v) is 12.4. The summed E-state index contributed by atoms with van der Waals surface area (Å²) < 4.78 is 5.70. The predicted octanol–water partition coefficient (Wildman–Crippen LogP) is 3.74. The highest BCUT2D eigenvalue weighted by Crippen LogP contribution is 2.33. The largest absolute Gasteiger partial charge is 0.490 e. The maximum absolute atomic E-state index is 12.7. The number of benzene rings is 1. The highest BCUT2D eigenvalue weighted by Gasteiger charge is 2.37. The topological polar surface area (TPSA) is 46.5 Å². The Morgan fingerprint density at radius 3 is 2.35 bits per heavy atom. The third kappa shape index (κ3) is 3.40. The molecule has 0 amide bonds. The van der Waals surface area contributed by atoms with E-state index in [1.54, 1.807) is 12.1 Å². The second-order valence-corrected chi connectivity index (χ2v) is 5.94. The minimum Gasteiger partial charge on any atom is -0.490 e. The molecule has 3 nitrogen and oxygen atoms in total. The maximum Gasteiger partial charge on any atom is 0.198 e. The molecule has 0 saturated heterocycles. The smallest absolute Gasteiger partial charge is 0.198 e. The monoisotopic (exact) mass is 276 g/mol. The van der Waals surface area contributed by atoms with Gasteiger partial charge in [-0.1, -0.05) is 37.8 Å². The summed E-state index contributed by atoms with van der Waals surface area (Å²) in [6.07, 6.45) is 5.14. The highest BCUT2D eigenvalue weighted by atomic mass is 16.5. The molecule has 1 N–H and O–H groups in total. The van der Waals surface area contributed by atoms with Gasteiger partial charge in [0.2, 0.25) is 0 Å². The summed E-state index contributed by atoms with van der Waals surface area (Å²) in [5.74, 6) is 0.390. The van der Waals surface area contributed by atoms with Crippen LogP contribution in [-0.4, -0.2) is 22.6 Å². The number of hydrogen-bond donors (Lipinski definition) is 1. The third-order valence-electron chi connectivity index (χ3n) is 3.85. The average Bonchev–Trinajstić information content (AvgIpc) is 2.64. The second kappa shape index (κ2) is 6.40. The molecule has 0 bridgehead atoms. The molecule has 3 heteroatoms. The van der Waals surface area contributed by atoms with Gasteiger partial charge in [-0.05, 0) is 38.8 Å². The van der Waals surface area contributed by atoms with Gasteiger partial charge < -0.3 is 9.84 Å². The Labute approximate surface area is 121 Å². The van der Waals surface area contributed by atoms with Crippen LogP contribution < -0.4 is 4.74 Å². The van der Waals surface area contributed by atoms with Crippen LogP contribution >= 0.6 is 0 Å². The van der Waals surface area contributed by atoms with Crippen molar-refractivity contribution in [2.75, 3.05) is 0 Å². The Bertz CT molecular complexity index is 457. The summed E-state index contributed by atoms with van der Waals surface area (Å²) in [6, 6.07) is 7.22. The van der Waals surface area contributed by atoms with E-state index in [0.717, 1.165) is 25.7 Å². The first-order chi connectivity index (χ1) is 9.53. The van der Waals surface area contributed by atoms with Crippen molar-refractivity contribution in [2.24, 2.45) is 0 Å². The van der Waals surface area contributed by atoms with Crippen molar-refractivity contribution in [2.45, 2.75) is 64.1 Å². The van der Waals surface area contributed by atoms with Crippen LogP contribution in [0, 0.1) is 0 Å². The number of rotatable bonds is 4. The van der Waals surface area contributed by atoms with Gasteiger partial charge >= 0.3 is 0 Å². The maximum atomic E-state index is 12.7. The van der Waals surface area contributed by atoms with Gasteiger partial charge in [-0.25, -0.2) is 0 Å². The molecule has 1 saturated carbocycles. The molecule has 1 aromatic rings. The fourth-order valence-corrected chi connectivity index (χ4v) is 2.80. The van der Waals surface area contributed by atoms with Crippen LogP contribution in [0.1, 0.15) is 62.7 Å². The van der Waals surface area contributed by atoms with E-state index in [1.165, 1.54) is 0 Å². The van der Waals surface area contributed by atoms with Crippen LogP contribution in [0.5, 0.6) is 5.75 Å².